The van der Waals surface area contributed by atoms with Crippen molar-refractivity contribution in [2.24, 2.45) is 5.10 Å². The molecule has 1 aliphatic rings. The standard InChI is InChI=1S/C13H14N2O2/c1-9-2-5-11(8-9)14-15-13(17)10-3-6-12(16)7-4-10/h3-4,6-8,16H,2,5H2,1H3,(H,15,17)/b14-11+. The fraction of sp³-hybridized carbons (Fsp3) is 0.231. The number of amides is 1. The van der Waals surface area contributed by atoms with E-state index in [9.17, 15) is 4.79 Å². The molecule has 0 saturated heterocycles. The van der Waals surface area contributed by atoms with Crippen LogP contribution < -0.4 is 5.43 Å². The van der Waals surface area contributed by atoms with Crippen LogP contribution in [0.1, 0.15) is 30.1 Å². The Kier molecular flexibility index (Phi) is 3.23. The van der Waals surface area contributed by atoms with E-state index in [0.717, 1.165) is 18.6 Å². The molecule has 17 heavy (non-hydrogen) atoms. The molecule has 0 spiro atoms. The van der Waals surface area contributed by atoms with Crippen LogP contribution >= 0.6 is 0 Å². The summed E-state index contributed by atoms with van der Waals surface area (Å²) in [5.74, 6) is -0.127. The highest BCUT2D eigenvalue weighted by Gasteiger charge is 2.08. The normalized spacial score (nSPS) is 17.0. The maximum Gasteiger partial charge on any atom is 0.271 e. The van der Waals surface area contributed by atoms with Crippen molar-refractivity contribution in [1.82, 2.24) is 5.43 Å². The zero-order valence-electron chi connectivity index (χ0n) is 9.60. The van der Waals surface area contributed by atoms with E-state index >= 15 is 0 Å². The third-order valence-electron chi connectivity index (χ3n) is 2.62. The summed E-state index contributed by atoms with van der Waals surface area (Å²) in [4.78, 5) is 11.7. The van der Waals surface area contributed by atoms with Gasteiger partial charge in [0.1, 0.15) is 5.75 Å². The first-order chi connectivity index (χ1) is 8.15. The number of carbonyl (C=O) groups is 1. The van der Waals surface area contributed by atoms with Crippen LogP contribution in [0.3, 0.4) is 0 Å². The molecule has 2 rings (SSSR count). The molecule has 4 heteroatoms. The summed E-state index contributed by atoms with van der Waals surface area (Å²) in [6.07, 6.45) is 3.87. The molecule has 0 unspecified atom stereocenters. The van der Waals surface area contributed by atoms with E-state index in [1.165, 1.54) is 17.7 Å². The van der Waals surface area contributed by atoms with Crippen LogP contribution in [0, 0.1) is 0 Å². The van der Waals surface area contributed by atoms with Crippen LogP contribution in [0.2, 0.25) is 0 Å². The Labute approximate surface area is 99.7 Å². The van der Waals surface area contributed by atoms with Crippen LogP contribution in [0.25, 0.3) is 0 Å². The predicted octanol–water partition coefficient (Wildman–Crippen LogP) is 2.22. The van der Waals surface area contributed by atoms with Crippen molar-refractivity contribution < 1.29 is 9.90 Å². The van der Waals surface area contributed by atoms with Crippen LogP contribution in [0.5, 0.6) is 5.75 Å². The molecule has 2 N–H and O–H groups in total. The van der Waals surface area contributed by atoms with E-state index < -0.39 is 0 Å². The van der Waals surface area contributed by atoms with Crippen LogP contribution in [-0.4, -0.2) is 16.7 Å². The minimum atomic E-state index is -0.268. The third kappa shape index (κ3) is 2.93. The van der Waals surface area contributed by atoms with Gasteiger partial charge in [0.05, 0.1) is 5.71 Å². The first kappa shape index (κ1) is 11.4. The molecule has 1 aromatic rings. The average Bonchev–Trinajstić information content (AvgIpc) is 2.73. The van der Waals surface area contributed by atoms with Crippen molar-refractivity contribution in [3.63, 3.8) is 0 Å². The molecule has 0 fully saturated rings. The lowest BCUT2D eigenvalue weighted by atomic mass is 10.2. The largest absolute Gasteiger partial charge is 0.508 e. The van der Waals surface area contributed by atoms with E-state index in [-0.39, 0.29) is 11.7 Å². The quantitative estimate of drug-likeness (QED) is 0.765. The predicted molar refractivity (Wildman–Crippen MR) is 66.0 cm³/mol. The Balaban J connectivity index is 2.00. The third-order valence-corrected chi connectivity index (χ3v) is 2.62. The Morgan fingerprint density at radius 1 is 1.29 bits per heavy atom. The van der Waals surface area contributed by atoms with Crippen molar-refractivity contribution in [3.05, 3.63) is 41.5 Å². The molecule has 0 atom stereocenters. The number of carbonyl (C=O) groups excluding carboxylic acids is 1. The van der Waals surface area contributed by atoms with Gasteiger partial charge >= 0.3 is 0 Å². The summed E-state index contributed by atoms with van der Waals surface area (Å²) in [6, 6.07) is 6.06. The molecule has 0 radical (unpaired) electrons. The molecule has 0 heterocycles. The molecule has 0 aromatic heterocycles. The molecule has 1 amide bonds. The molecular weight excluding hydrogens is 216 g/mol. The monoisotopic (exact) mass is 230 g/mol. The molecule has 0 saturated carbocycles. The van der Waals surface area contributed by atoms with Crippen molar-refractivity contribution in [2.75, 3.05) is 0 Å². The van der Waals surface area contributed by atoms with Crippen molar-refractivity contribution in [1.29, 1.82) is 0 Å². The number of hydrazone groups is 1. The summed E-state index contributed by atoms with van der Waals surface area (Å²) in [5, 5.41) is 13.2. The van der Waals surface area contributed by atoms with Gasteiger partial charge in [-0.05, 0) is 50.1 Å². The fourth-order valence-corrected chi connectivity index (χ4v) is 1.64. The van der Waals surface area contributed by atoms with Gasteiger partial charge in [0.15, 0.2) is 0 Å². The van der Waals surface area contributed by atoms with Gasteiger partial charge in [-0.2, -0.15) is 5.10 Å². The molecule has 1 aromatic carbocycles. The second-order valence-electron chi connectivity index (χ2n) is 4.08. The second kappa shape index (κ2) is 4.82. The van der Waals surface area contributed by atoms with Gasteiger partial charge < -0.3 is 5.11 Å². The van der Waals surface area contributed by atoms with E-state index in [0.29, 0.717) is 5.56 Å². The number of phenols is 1. The minimum Gasteiger partial charge on any atom is -0.508 e. The molecule has 0 bridgehead atoms. The second-order valence-corrected chi connectivity index (χ2v) is 4.08. The molecule has 4 nitrogen and oxygen atoms in total. The maximum atomic E-state index is 11.7. The topological polar surface area (TPSA) is 61.7 Å². The first-order valence-electron chi connectivity index (χ1n) is 5.48. The number of nitrogens with zero attached hydrogens (tertiary/aromatic N) is 1. The highest BCUT2D eigenvalue weighted by Crippen LogP contribution is 2.14. The van der Waals surface area contributed by atoms with E-state index in [2.05, 4.69) is 10.5 Å². The number of nitrogens with one attached hydrogen (secondary N) is 1. The molecule has 0 aliphatic heterocycles. The lowest BCUT2D eigenvalue weighted by molar-refractivity contribution is 0.0955. The van der Waals surface area contributed by atoms with Crippen molar-refractivity contribution >= 4 is 11.6 Å². The van der Waals surface area contributed by atoms with Crippen LogP contribution in [0.15, 0.2) is 41.0 Å². The summed E-state index contributed by atoms with van der Waals surface area (Å²) in [7, 11) is 0. The number of aromatic hydroxyl groups is 1. The summed E-state index contributed by atoms with van der Waals surface area (Å²) in [5.41, 5.74) is 5.16. The number of phenolic OH excluding ortho intramolecular Hbond substituents is 1. The summed E-state index contributed by atoms with van der Waals surface area (Å²) >= 11 is 0. The highest BCUT2D eigenvalue weighted by molar-refractivity contribution is 6.00. The Bertz CT molecular complexity index is 487. The van der Waals surface area contributed by atoms with Gasteiger partial charge in [0, 0.05) is 5.56 Å². The van der Waals surface area contributed by atoms with Gasteiger partial charge in [-0.25, -0.2) is 5.43 Å². The van der Waals surface area contributed by atoms with Gasteiger partial charge in [-0.1, -0.05) is 5.57 Å². The van der Waals surface area contributed by atoms with Crippen molar-refractivity contribution in [3.8, 4) is 5.75 Å². The smallest absolute Gasteiger partial charge is 0.271 e. The Morgan fingerprint density at radius 2 is 2.00 bits per heavy atom. The van der Waals surface area contributed by atoms with Crippen LogP contribution in [-0.2, 0) is 0 Å². The van der Waals surface area contributed by atoms with Gasteiger partial charge in [0.25, 0.3) is 5.91 Å². The number of allylic oxidation sites excluding steroid dienone is 2. The lowest BCUT2D eigenvalue weighted by Gasteiger charge is -2.00. The van der Waals surface area contributed by atoms with Crippen LogP contribution in [0.4, 0.5) is 0 Å². The van der Waals surface area contributed by atoms with E-state index in [1.807, 2.05) is 13.0 Å². The minimum absolute atomic E-state index is 0.141. The summed E-state index contributed by atoms with van der Waals surface area (Å²) in [6.45, 7) is 2.05. The Morgan fingerprint density at radius 3 is 2.59 bits per heavy atom. The lowest BCUT2D eigenvalue weighted by Crippen LogP contribution is -2.18. The molecule has 88 valence electrons. The van der Waals surface area contributed by atoms with Gasteiger partial charge in [0.2, 0.25) is 0 Å². The highest BCUT2D eigenvalue weighted by atomic mass is 16.3. The van der Waals surface area contributed by atoms with Gasteiger partial charge in [-0.3, -0.25) is 4.79 Å². The maximum absolute atomic E-state index is 11.7. The zero-order chi connectivity index (χ0) is 12.3. The number of hydrogen-bond donors (Lipinski definition) is 2. The van der Waals surface area contributed by atoms with Crippen molar-refractivity contribution in [2.45, 2.75) is 19.8 Å². The SMILES string of the molecule is CC1=C/C(=N/NC(=O)c2ccc(O)cc2)CC1. The fourth-order valence-electron chi connectivity index (χ4n) is 1.64. The molecule has 1 aliphatic carbocycles. The Hall–Kier alpha value is -2.10. The zero-order valence-corrected chi connectivity index (χ0v) is 9.60. The summed E-state index contributed by atoms with van der Waals surface area (Å²) < 4.78 is 0. The van der Waals surface area contributed by atoms with E-state index in [4.69, 9.17) is 5.11 Å². The van der Waals surface area contributed by atoms with E-state index in [1.54, 1.807) is 12.1 Å². The number of hydrogen-bond acceptors (Lipinski definition) is 3. The number of benzene rings is 1. The number of rotatable bonds is 2. The average molecular weight is 230 g/mol. The molecular formula is C13H14N2O2. The first-order valence-corrected chi connectivity index (χ1v) is 5.48. The van der Waals surface area contributed by atoms with Gasteiger partial charge in [-0.15, -0.1) is 0 Å².